The molecule has 6 heteroatoms. The zero-order valence-corrected chi connectivity index (χ0v) is 13.1. The van der Waals surface area contributed by atoms with Crippen molar-refractivity contribution in [3.8, 4) is 11.5 Å². The highest BCUT2D eigenvalue weighted by Crippen LogP contribution is 2.42. The fourth-order valence-corrected chi connectivity index (χ4v) is 3.47. The van der Waals surface area contributed by atoms with Crippen LogP contribution in [0.1, 0.15) is 22.0 Å². The average Bonchev–Trinajstić information content (AvgIpc) is 2.80. The van der Waals surface area contributed by atoms with E-state index in [-0.39, 0.29) is 6.04 Å². The number of benzene rings is 1. The van der Waals surface area contributed by atoms with Crippen molar-refractivity contribution in [1.82, 2.24) is 5.43 Å². The van der Waals surface area contributed by atoms with E-state index < -0.39 is 0 Å². The third kappa shape index (κ3) is 2.62. The van der Waals surface area contributed by atoms with Crippen molar-refractivity contribution in [1.29, 1.82) is 0 Å². The molecule has 0 saturated carbocycles. The van der Waals surface area contributed by atoms with Crippen LogP contribution in [0.5, 0.6) is 11.5 Å². The fourth-order valence-electron chi connectivity index (χ4n) is 2.10. The van der Waals surface area contributed by atoms with Crippen LogP contribution < -0.4 is 20.7 Å². The summed E-state index contributed by atoms with van der Waals surface area (Å²) >= 11 is 7.91. The van der Waals surface area contributed by atoms with E-state index in [9.17, 15) is 0 Å². The largest absolute Gasteiger partial charge is 0.496 e. The first-order chi connectivity index (χ1) is 9.63. The third-order valence-corrected chi connectivity index (χ3v) is 4.89. The predicted octanol–water partition coefficient (Wildman–Crippen LogP) is 3.28. The van der Waals surface area contributed by atoms with Gasteiger partial charge in [-0.15, -0.1) is 11.3 Å². The van der Waals surface area contributed by atoms with Gasteiger partial charge in [0.1, 0.15) is 11.5 Å². The first-order valence-corrected chi connectivity index (χ1v) is 7.30. The molecule has 1 unspecified atom stereocenters. The Hall–Kier alpha value is -1.27. The number of nitrogens with two attached hydrogens (primary N) is 1. The number of aryl methyl sites for hydroxylation is 1. The van der Waals surface area contributed by atoms with E-state index in [0.29, 0.717) is 16.5 Å². The molecule has 2 aromatic rings. The molecule has 1 aromatic carbocycles. The maximum absolute atomic E-state index is 6.36. The van der Waals surface area contributed by atoms with Gasteiger partial charge in [0.15, 0.2) is 0 Å². The molecule has 1 heterocycles. The monoisotopic (exact) mass is 312 g/mol. The van der Waals surface area contributed by atoms with Crippen LogP contribution in [-0.2, 0) is 0 Å². The van der Waals surface area contributed by atoms with E-state index in [0.717, 1.165) is 16.0 Å². The van der Waals surface area contributed by atoms with Crippen molar-refractivity contribution in [2.24, 2.45) is 5.84 Å². The lowest BCUT2D eigenvalue weighted by molar-refractivity contribution is 0.377. The quantitative estimate of drug-likeness (QED) is 0.657. The van der Waals surface area contributed by atoms with Gasteiger partial charge in [-0.1, -0.05) is 17.7 Å². The van der Waals surface area contributed by atoms with E-state index >= 15 is 0 Å². The molecule has 1 aromatic heterocycles. The molecule has 2 rings (SSSR count). The lowest BCUT2D eigenvalue weighted by Gasteiger charge is -2.21. The second-order valence-electron chi connectivity index (χ2n) is 4.27. The molecule has 0 aliphatic rings. The maximum Gasteiger partial charge on any atom is 0.127 e. The number of hydrogen-bond donors (Lipinski definition) is 2. The fraction of sp³-hybridized carbons (Fsp3) is 0.286. The van der Waals surface area contributed by atoms with Gasteiger partial charge in [0.2, 0.25) is 0 Å². The number of halogens is 1. The molecule has 0 aliphatic carbocycles. The molecular weight excluding hydrogens is 296 g/mol. The number of rotatable bonds is 5. The van der Waals surface area contributed by atoms with Gasteiger partial charge in [0.25, 0.3) is 0 Å². The number of hydrazine groups is 1. The van der Waals surface area contributed by atoms with Gasteiger partial charge < -0.3 is 9.47 Å². The van der Waals surface area contributed by atoms with Gasteiger partial charge in [0, 0.05) is 4.88 Å². The maximum atomic E-state index is 6.36. The van der Waals surface area contributed by atoms with Crippen molar-refractivity contribution in [2.75, 3.05) is 14.2 Å². The van der Waals surface area contributed by atoms with Gasteiger partial charge in [-0.3, -0.25) is 5.84 Å². The van der Waals surface area contributed by atoms with Crippen LogP contribution in [0.3, 0.4) is 0 Å². The predicted molar refractivity (Wildman–Crippen MR) is 82.8 cm³/mol. The van der Waals surface area contributed by atoms with Crippen molar-refractivity contribution in [3.63, 3.8) is 0 Å². The molecule has 1 atom stereocenters. The highest BCUT2D eigenvalue weighted by Gasteiger charge is 2.25. The summed E-state index contributed by atoms with van der Waals surface area (Å²) in [5.74, 6) is 7.16. The zero-order chi connectivity index (χ0) is 14.7. The van der Waals surface area contributed by atoms with Crippen LogP contribution in [0.2, 0.25) is 5.02 Å². The molecule has 0 radical (unpaired) electrons. The first kappa shape index (κ1) is 15.1. The highest BCUT2D eigenvalue weighted by atomic mass is 35.5. The van der Waals surface area contributed by atoms with Crippen molar-refractivity contribution in [3.05, 3.63) is 44.6 Å². The number of methoxy groups -OCH3 is 2. The minimum absolute atomic E-state index is 0.285. The van der Waals surface area contributed by atoms with E-state index in [1.165, 1.54) is 0 Å². The highest BCUT2D eigenvalue weighted by molar-refractivity contribution is 7.10. The zero-order valence-electron chi connectivity index (χ0n) is 11.6. The Morgan fingerprint density at radius 2 is 1.85 bits per heavy atom. The van der Waals surface area contributed by atoms with Gasteiger partial charge >= 0.3 is 0 Å². The van der Waals surface area contributed by atoms with Crippen LogP contribution in [0.25, 0.3) is 0 Å². The topological polar surface area (TPSA) is 56.5 Å². The minimum atomic E-state index is -0.285. The minimum Gasteiger partial charge on any atom is -0.496 e. The van der Waals surface area contributed by atoms with Gasteiger partial charge in [-0.2, -0.15) is 0 Å². The van der Waals surface area contributed by atoms with Crippen molar-refractivity contribution >= 4 is 22.9 Å². The molecule has 4 nitrogen and oxygen atoms in total. The average molecular weight is 313 g/mol. The van der Waals surface area contributed by atoms with E-state index in [1.54, 1.807) is 25.6 Å². The normalized spacial score (nSPS) is 12.2. The third-order valence-electron chi connectivity index (χ3n) is 3.11. The Bertz CT molecular complexity index is 579. The van der Waals surface area contributed by atoms with Gasteiger partial charge in [0.05, 0.1) is 30.8 Å². The van der Waals surface area contributed by atoms with Crippen molar-refractivity contribution in [2.45, 2.75) is 13.0 Å². The number of nitrogens with one attached hydrogen (secondary N) is 1. The Morgan fingerprint density at radius 1 is 1.25 bits per heavy atom. The standard InChI is InChI=1S/C14H17ClN2O2S/c1-8-7-20-14(12(8)15)13(17-16)11-9(18-2)5-4-6-10(11)19-3/h4-7,13,17H,16H2,1-3H3. The number of ether oxygens (including phenoxy) is 2. The molecule has 0 saturated heterocycles. The van der Waals surface area contributed by atoms with Crippen LogP contribution in [-0.4, -0.2) is 14.2 Å². The molecule has 108 valence electrons. The van der Waals surface area contributed by atoms with Gasteiger partial charge in [-0.25, -0.2) is 5.43 Å². The second-order valence-corrected chi connectivity index (χ2v) is 5.56. The first-order valence-electron chi connectivity index (χ1n) is 6.04. The molecule has 0 bridgehead atoms. The Balaban J connectivity index is 2.60. The van der Waals surface area contributed by atoms with Crippen molar-refractivity contribution < 1.29 is 9.47 Å². The molecular formula is C14H17ClN2O2S. The summed E-state index contributed by atoms with van der Waals surface area (Å²) < 4.78 is 10.8. The Kier molecular flexibility index (Phi) is 4.88. The van der Waals surface area contributed by atoms with E-state index in [1.807, 2.05) is 30.5 Å². The van der Waals surface area contributed by atoms with E-state index in [2.05, 4.69) is 5.43 Å². The summed E-state index contributed by atoms with van der Waals surface area (Å²) in [6.45, 7) is 1.97. The van der Waals surface area contributed by atoms with Crippen LogP contribution in [0.15, 0.2) is 23.6 Å². The van der Waals surface area contributed by atoms with Crippen LogP contribution >= 0.6 is 22.9 Å². The smallest absolute Gasteiger partial charge is 0.127 e. The molecule has 0 fully saturated rings. The molecule has 3 N–H and O–H groups in total. The summed E-state index contributed by atoms with van der Waals surface area (Å²) in [6, 6.07) is 5.33. The van der Waals surface area contributed by atoms with E-state index in [4.69, 9.17) is 26.9 Å². The molecule has 20 heavy (non-hydrogen) atoms. The Labute approximate surface area is 127 Å². The second kappa shape index (κ2) is 6.45. The Morgan fingerprint density at radius 3 is 2.25 bits per heavy atom. The molecule has 0 spiro atoms. The molecule has 0 aliphatic heterocycles. The summed E-state index contributed by atoms with van der Waals surface area (Å²) in [5, 5.41) is 2.72. The summed E-state index contributed by atoms with van der Waals surface area (Å²) in [4.78, 5) is 0.939. The summed E-state index contributed by atoms with van der Waals surface area (Å²) in [5.41, 5.74) is 4.67. The van der Waals surface area contributed by atoms with Gasteiger partial charge in [-0.05, 0) is 30.0 Å². The SMILES string of the molecule is COc1cccc(OC)c1C(NN)c1scc(C)c1Cl. The molecule has 0 amide bonds. The number of hydrogen-bond acceptors (Lipinski definition) is 5. The lowest BCUT2D eigenvalue weighted by Crippen LogP contribution is -2.29. The lowest BCUT2D eigenvalue weighted by atomic mass is 10.0. The van der Waals surface area contributed by atoms with Crippen LogP contribution in [0, 0.1) is 6.92 Å². The van der Waals surface area contributed by atoms with Crippen LogP contribution in [0.4, 0.5) is 0 Å². The summed E-state index contributed by atoms with van der Waals surface area (Å²) in [6.07, 6.45) is 0. The number of thiophene rings is 1. The summed E-state index contributed by atoms with van der Waals surface area (Å²) in [7, 11) is 3.24.